The van der Waals surface area contributed by atoms with Crippen LogP contribution in [0.4, 0.5) is 0 Å². The molecule has 3 aliphatic carbocycles. The Kier molecular flexibility index (Phi) is 4.28. The molecule has 0 radical (unpaired) electrons. The van der Waals surface area contributed by atoms with Gasteiger partial charge in [-0.05, 0) is 26.8 Å². The zero-order valence-electron chi connectivity index (χ0n) is 18.0. The summed E-state index contributed by atoms with van der Waals surface area (Å²) in [5, 5.41) is -0.193. The van der Waals surface area contributed by atoms with Crippen LogP contribution in [-0.4, -0.2) is 35.9 Å². The van der Waals surface area contributed by atoms with Gasteiger partial charge in [-0.3, -0.25) is 14.4 Å². The lowest BCUT2D eigenvalue weighted by molar-refractivity contribution is -0.159. The maximum atomic E-state index is 13.6. The van der Waals surface area contributed by atoms with Gasteiger partial charge in [0.1, 0.15) is 22.7 Å². The number of Topliss-reactive ketones (excluding diaryl/α,β-unsaturated/α-hetero) is 1. The largest absolute Gasteiger partial charge is 0.467 e. The fourth-order valence-electron chi connectivity index (χ4n) is 5.13. The molecule has 32 heavy (non-hydrogen) atoms. The van der Waals surface area contributed by atoms with Crippen molar-refractivity contribution in [3.05, 3.63) is 71.1 Å². The van der Waals surface area contributed by atoms with Crippen molar-refractivity contribution >= 4 is 16.6 Å². The van der Waals surface area contributed by atoms with Gasteiger partial charge < -0.3 is 24.5 Å². The highest BCUT2D eigenvalue weighted by Gasteiger charge is 2.57. The molecule has 5 rings (SSSR count). The molecule has 9 heteroatoms. The molecule has 164 valence electrons. The van der Waals surface area contributed by atoms with Crippen LogP contribution in [0.25, 0.3) is 16.3 Å². The number of nitrogens with zero attached hydrogens (tertiary/aromatic N) is 2. The van der Waals surface area contributed by atoms with Crippen molar-refractivity contribution in [2.75, 3.05) is 13.9 Å². The van der Waals surface area contributed by atoms with Crippen molar-refractivity contribution in [1.29, 1.82) is 0 Å². The van der Waals surface area contributed by atoms with Gasteiger partial charge in [0, 0.05) is 24.5 Å². The number of ether oxygens (including phenoxy) is 4. The smallest absolute Gasteiger partial charge is 0.333 e. The fraction of sp³-hybridized carbons (Fsp3) is 0.391. The number of carbonyl (C=O) groups excluding carboxylic acids is 1. The summed E-state index contributed by atoms with van der Waals surface area (Å²) < 4.78 is 22.5. The van der Waals surface area contributed by atoms with Gasteiger partial charge in [0.25, 0.3) is 0 Å². The second kappa shape index (κ2) is 6.63. The molecule has 2 atom stereocenters. The van der Waals surface area contributed by atoms with Crippen LogP contribution in [0.1, 0.15) is 49.2 Å². The Morgan fingerprint density at radius 2 is 1.91 bits per heavy atom. The monoisotopic (exact) mass is 436 g/mol. The van der Waals surface area contributed by atoms with E-state index in [2.05, 4.69) is 4.79 Å². The first-order chi connectivity index (χ1) is 15.1. The maximum absolute atomic E-state index is 13.6. The Morgan fingerprint density at radius 1 is 1.16 bits per heavy atom. The maximum Gasteiger partial charge on any atom is 0.333 e. The average Bonchev–Trinajstić information content (AvgIpc) is 3.20. The van der Waals surface area contributed by atoms with E-state index in [1.807, 2.05) is 0 Å². The van der Waals surface area contributed by atoms with Crippen LogP contribution in [0.2, 0.25) is 0 Å². The number of methoxy groups -OCH3 is 1. The number of ketones is 1. The molecular weight excluding hydrogens is 416 g/mol. The topological polar surface area (TPSA) is 125 Å². The molecule has 1 fully saturated rings. The number of carbonyl (C=O) groups is 1. The Balaban J connectivity index is 1.99. The minimum Gasteiger partial charge on any atom is -0.467 e. The van der Waals surface area contributed by atoms with E-state index in [1.54, 1.807) is 32.9 Å². The van der Waals surface area contributed by atoms with E-state index in [0.717, 1.165) is 0 Å². The number of rotatable bonds is 3. The normalized spacial score (nSPS) is 23.9. The van der Waals surface area contributed by atoms with E-state index in [9.17, 15) is 19.9 Å². The molecule has 0 bridgehead atoms. The van der Waals surface area contributed by atoms with Gasteiger partial charge in [0.15, 0.2) is 23.8 Å². The van der Waals surface area contributed by atoms with Crippen LogP contribution in [-0.2, 0) is 14.2 Å². The summed E-state index contributed by atoms with van der Waals surface area (Å²) in [4.78, 5) is 43.8. The molecule has 1 aromatic rings. The Labute approximate surface area is 181 Å². The molecule has 9 nitrogen and oxygen atoms in total. The van der Waals surface area contributed by atoms with E-state index in [-0.39, 0.29) is 62.4 Å². The SMILES string of the molecule is COCOc1cccc2c(=O)c3c4c(c(=[N+]=[N-])c=3c(=O)c12)[C@H]1OC(C)(C)O[C@@]1(C)CC4=O. The molecule has 0 amide bonds. The molecule has 0 unspecified atom stereocenters. The summed E-state index contributed by atoms with van der Waals surface area (Å²) in [7, 11) is 1.43. The van der Waals surface area contributed by atoms with E-state index in [0.29, 0.717) is 0 Å². The first kappa shape index (κ1) is 20.7. The van der Waals surface area contributed by atoms with E-state index in [1.165, 1.54) is 13.2 Å². The number of hydrogen-bond acceptors (Lipinski definition) is 7. The quantitative estimate of drug-likeness (QED) is 0.346. The van der Waals surface area contributed by atoms with Crippen LogP contribution in [0.15, 0.2) is 27.8 Å². The summed E-state index contributed by atoms with van der Waals surface area (Å²) in [5.74, 6) is -1.22. The molecule has 0 aromatic heterocycles. The second-order valence-corrected chi connectivity index (χ2v) is 8.79. The van der Waals surface area contributed by atoms with Crippen LogP contribution >= 0.6 is 0 Å². The number of fused-ring (bicyclic) bond motifs is 5. The van der Waals surface area contributed by atoms with Crippen LogP contribution < -0.4 is 21.0 Å². The first-order valence-electron chi connectivity index (χ1n) is 10.1. The van der Waals surface area contributed by atoms with Gasteiger partial charge in [-0.15, -0.1) is 0 Å². The van der Waals surface area contributed by atoms with Crippen molar-refractivity contribution in [3.8, 4) is 5.75 Å². The zero-order chi connectivity index (χ0) is 23.0. The predicted octanol–water partition coefficient (Wildman–Crippen LogP) is 1.44. The molecule has 0 spiro atoms. The van der Waals surface area contributed by atoms with Gasteiger partial charge in [-0.25, -0.2) is 0 Å². The van der Waals surface area contributed by atoms with Crippen molar-refractivity contribution in [3.63, 3.8) is 0 Å². The summed E-state index contributed by atoms with van der Waals surface area (Å²) in [6.07, 6.45) is -0.838. The molecule has 1 saturated heterocycles. The molecule has 1 aromatic carbocycles. The van der Waals surface area contributed by atoms with Crippen LogP contribution in [0.3, 0.4) is 0 Å². The molecule has 0 N–H and O–H groups in total. The van der Waals surface area contributed by atoms with Crippen LogP contribution in [0, 0.1) is 10.4 Å². The predicted molar refractivity (Wildman–Crippen MR) is 110 cm³/mol. The number of benzene rings is 1. The lowest BCUT2D eigenvalue weighted by Crippen LogP contribution is -2.41. The molecule has 4 aliphatic rings. The third-order valence-corrected chi connectivity index (χ3v) is 6.13. The van der Waals surface area contributed by atoms with Gasteiger partial charge in [-0.2, -0.15) is 4.79 Å². The average molecular weight is 436 g/mol. The van der Waals surface area contributed by atoms with Crippen molar-refractivity contribution in [1.82, 2.24) is 0 Å². The summed E-state index contributed by atoms with van der Waals surface area (Å²) in [6.45, 7) is 5.03. The minimum absolute atomic E-state index is 0.0356. The van der Waals surface area contributed by atoms with Crippen LogP contribution in [0.5, 0.6) is 5.75 Å². The third-order valence-electron chi connectivity index (χ3n) is 6.13. The van der Waals surface area contributed by atoms with E-state index >= 15 is 0 Å². The van der Waals surface area contributed by atoms with Gasteiger partial charge in [0.2, 0.25) is 5.43 Å². The highest BCUT2D eigenvalue weighted by atomic mass is 16.8. The highest BCUT2D eigenvalue weighted by Crippen LogP contribution is 2.50. The van der Waals surface area contributed by atoms with Crippen molar-refractivity contribution in [2.24, 2.45) is 0 Å². The summed E-state index contributed by atoms with van der Waals surface area (Å²) in [5.41, 5.74) is 8.07. The summed E-state index contributed by atoms with van der Waals surface area (Å²) >= 11 is 0. The molecular formula is C23H20N2O7. The van der Waals surface area contributed by atoms with Crippen molar-refractivity contribution in [2.45, 2.75) is 44.7 Å². The minimum atomic E-state index is -1.03. The molecule has 0 saturated carbocycles. The van der Waals surface area contributed by atoms with E-state index < -0.39 is 28.3 Å². The second-order valence-electron chi connectivity index (χ2n) is 8.79. The Hall–Kier alpha value is -3.23. The lowest BCUT2D eigenvalue weighted by atomic mass is 9.79. The van der Waals surface area contributed by atoms with Crippen molar-refractivity contribution < 1.29 is 28.5 Å². The van der Waals surface area contributed by atoms with Gasteiger partial charge in [-0.1, -0.05) is 12.1 Å². The molecule has 1 aliphatic heterocycles. The third kappa shape index (κ3) is 2.59. The van der Waals surface area contributed by atoms with E-state index in [4.69, 9.17) is 18.9 Å². The standard InChI is InChI=1S/C23H20N2O7/c1-22(2)31-21-17-14(11(26)8-23(21,3)32-22)15-16(18(17)25-24)20(28)13-10(19(15)27)6-5-7-12(13)30-9-29-4/h5-7,21H,8-9H2,1-4H3/t21-,23+/m1/s1. The summed E-state index contributed by atoms with van der Waals surface area (Å²) in [6, 6.07) is 4.64. The highest BCUT2D eigenvalue weighted by molar-refractivity contribution is 6.01. The van der Waals surface area contributed by atoms with Gasteiger partial charge in [0.05, 0.1) is 16.2 Å². The first-order valence-corrected chi connectivity index (χ1v) is 10.1. The number of hydrogen-bond donors (Lipinski definition) is 0. The Morgan fingerprint density at radius 3 is 2.59 bits per heavy atom. The fourth-order valence-corrected chi connectivity index (χ4v) is 5.13. The zero-order valence-corrected chi connectivity index (χ0v) is 18.0. The lowest BCUT2D eigenvalue weighted by Gasteiger charge is -2.31. The Bertz CT molecular complexity index is 1560. The van der Waals surface area contributed by atoms with Gasteiger partial charge >= 0.3 is 5.36 Å². The molecule has 1 heterocycles.